The van der Waals surface area contributed by atoms with E-state index in [0.29, 0.717) is 6.04 Å². The quantitative estimate of drug-likeness (QED) is 0.812. The average molecular weight is 367 g/mol. The van der Waals surface area contributed by atoms with E-state index in [9.17, 15) is 9.90 Å². The third-order valence-corrected chi connectivity index (χ3v) is 5.65. The van der Waals surface area contributed by atoms with Crippen LogP contribution in [0.15, 0.2) is 48.7 Å². The van der Waals surface area contributed by atoms with Gasteiger partial charge >= 0.3 is 6.09 Å². The lowest BCUT2D eigenvalue weighted by atomic mass is 9.89. The van der Waals surface area contributed by atoms with E-state index < -0.39 is 6.09 Å². The van der Waals surface area contributed by atoms with Crippen molar-refractivity contribution in [1.82, 2.24) is 9.88 Å². The van der Waals surface area contributed by atoms with Crippen LogP contribution in [0.2, 0.25) is 0 Å². The van der Waals surface area contributed by atoms with Gasteiger partial charge in [0.15, 0.2) is 0 Å². The molecule has 0 spiro atoms. The molecule has 1 saturated carbocycles. The summed E-state index contributed by atoms with van der Waals surface area (Å²) >= 11 is 0. The molecule has 1 fully saturated rings. The van der Waals surface area contributed by atoms with Gasteiger partial charge in [0.1, 0.15) is 0 Å². The molecule has 0 bridgehead atoms. The van der Waals surface area contributed by atoms with Crippen molar-refractivity contribution in [1.29, 1.82) is 0 Å². The van der Waals surface area contributed by atoms with Gasteiger partial charge in [0.25, 0.3) is 0 Å². The zero-order valence-corrected chi connectivity index (χ0v) is 16.2. The molecule has 1 heterocycles. The lowest BCUT2D eigenvalue weighted by molar-refractivity contribution is 0.123. The Labute approximate surface area is 161 Å². The summed E-state index contributed by atoms with van der Waals surface area (Å²) in [5.41, 5.74) is 3.60. The third kappa shape index (κ3) is 4.79. The van der Waals surface area contributed by atoms with Crippen molar-refractivity contribution in [3.63, 3.8) is 0 Å². The molecule has 27 heavy (non-hydrogen) atoms. The van der Waals surface area contributed by atoms with Crippen molar-refractivity contribution >= 4 is 11.8 Å². The first-order valence-corrected chi connectivity index (χ1v) is 9.79. The second-order valence-electron chi connectivity index (χ2n) is 7.33. The van der Waals surface area contributed by atoms with E-state index in [-0.39, 0.29) is 6.04 Å². The summed E-state index contributed by atoms with van der Waals surface area (Å²) < 4.78 is 0. The minimum Gasteiger partial charge on any atom is -0.465 e. The molecule has 5 heteroatoms. The first-order chi connectivity index (χ1) is 13.1. The molecule has 0 saturated heterocycles. The normalized spacial score (nSPS) is 19.5. The minimum atomic E-state index is -0.832. The van der Waals surface area contributed by atoms with Gasteiger partial charge in [-0.15, -0.1) is 0 Å². The highest BCUT2D eigenvalue weighted by Gasteiger charge is 2.29. The first kappa shape index (κ1) is 19.2. The predicted molar refractivity (Wildman–Crippen MR) is 108 cm³/mol. The fourth-order valence-electron chi connectivity index (χ4n) is 3.96. The Kier molecular flexibility index (Phi) is 6.32. The van der Waals surface area contributed by atoms with Crippen LogP contribution < -0.4 is 4.90 Å². The molecule has 1 N–H and O–H groups in total. The van der Waals surface area contributed by atoms with E-state index in [2.05, 4.69) is 53.2 Å². The minimum absolute atomic E-state index is 0.126. The molecular formula is C22H29N3O2. The van der Waals surface area contributed by atoms with Gasteiger partial charge in [0.05, 0.1) is 0 Å². The summed E-state index contributed by atoms with van der Waals surface area (Å²) in [6.45, 7) is 2.98. The van der Waals surface area contributed by atoms with E-state index in [1.54, 1.807) is 7.05 Å². The second kappa shape index (κ2) is 8.89. The summed E-state index contributed by atoms with van der Waals surface area (Å²) in [6.07, 6.45) is 5.80. The SMILES string of the molecule is CCc1cc(N(Cc2ccccc2)C2CCC(N(C)C(=O)O)CC2)ccn1. The standard InChI is InChI=1S/C22H29N3O2/c1-3-18-15-21(13-14-23-18)25(16-17-7-5-4-6-8-17)20-11-9-19(10-12-20)24(2)22(26)27/h4-8,13-15,19-20H,3,9-12,16H2,1-2H3,(H,26,27). The van der Waals surface area contributed by atoms with Gasteiger partial charge in [0.2, 0.25) is 0 Å². The number of aromatic nitrogens is 1. The zero-order valence-electron chi connectivity index (χ0n) is 16.2. The predicted octanol–water partition coefficient (Wildman–Crippen LogP) is 4.57. The Morgan fingerprint density at radius 2 is 1.78 bits per heavy atom. The van der Waals surface area contributed by atoms with Crippen LogP contribution >= 0.6 is 0 Å². The van der Waals surface area contributed by atoms with Crippen molar-refractivity contribution in [3.05, 3.63) is 59.9 Å². The van der Waals surface area contributed by atoms with Crippen LogP contribution in [0.25, 0.3) is 0 Å². The van der Waals surface area contributed by atoms with Crippen LogP contribution in [-0.4, -0.2) is 40.2 Å². The molecule has 0 atom stereocenters. The van der Waals surface area contributed by atoms with E-state index in [1.807, 2.05) is 12.3 Å². The smallest absolute Gasteiger partial charge is 0.407 e. The van der Waals surface area contributed by atoms with Gasteiger partial charge < -0.3 is 14.9 Å². The van der Waals surface area contributed by atoms with Crippen LogP contribution in [-0.2, 0) is 13.0 Å². The van der Waals surface area contributed by atoms with E-state index in [4.69, 9.17) is 0 Å². The number of benzene rings is 1. The highest BCUT2D eigenvalue weighted by molar-refractivity contribution is 5.65. The lowest BCUT2D eigenvalue weighted by Crippen LogP contribution is -2.44. The maximum atomic E-state index is 11.3. The summed E-state index contributed by atoms with van der Waals surface area (Å²) in [5, 5.41) is 9.25. The Hall–Kier alpha value is -2.56. The lowest BCUT2D eigenvalue weighted by Gasteiger charge is -2.40. The number of carbonyl (C=O) groups is 1. The molecule has 0 aliphatic heterocycles. The molecule has 1 aliphatic rings. The van der Waals surface area contributed by atoms with Crippen molar-refractivity contribution in [2.24, 2.45) is 0 Å². The topological polar surface area (TPSA) is 56.7 Å². The van der Waals surface area contributed by atoms with E-state index >= 15 is 0 Å². The van der Waals surface area contributed by atoms with Crippen molar-refractivity contribution < 1.29 is 9.90 Å². The van der Waals surface area contributed by atoms with Gasteiger partial charge in [-0.1, -0.05) is 37.3 Å². The fourth-order valence-corrected chi connectivity index (χ4v) is 3.96. The van der Waals surface area contributed by atoms with E-state index in [0.717, 1.165) is 44.3 Å². The van der Waals surface area contributed by atoms with Crippen molar-refractivity contribution in [3.8, 4) is 0 Å². The van der Waals surface area contributed by atoms with Crippen LogP contribution in [0.5, 0.6) is 0 Å². The van der Waals surface area contributed by atoms with Crippen LogP contribution in [0, 0.1) is 0 Å². The molecule has 3 rings (SSSR count). The summed E-state index contributed by atoms with van der Waals surface area (Å²) in [4.78, 5) is 19.7. The Morgan fingerprint density at radius 1 is 1.11 bits per heavy atom. The molecular weight excluding hydrogens is 338 g/mol. The second-order valence-corrected chi connectivity index (χ2v) is 7.33. The average Bonchev–Trinajstić information content (AvgIpc) is 2.72. The number of aryl methyl sites for hydroxylation is 1. The van der Waals surface area contributed by atoms with Gasteiger partial charge in [-0.05, 0) is 49.8 Å². The van der Waals surface area contributed by atoms with Crippen LogP contribution in [0.3, 0.4) is 0 Å². The summed E-state index contributed by atoms with van der Waals surface area (Å²) in [5.74, 6) is 0. The first-order valence-electron chi connectivity index (χ1n) is 9.79. The molecule has 1 aromatic heterocycles. The third-order valence-electron chi connectivity index (χ3n) is 5.65. The number of nitrogens with zero attached hydrogens (tertiary/aromatic N) is 3. The monoisotopic (exact) mass is 367 g/mol. The molecule has 5 nitrogen and oxygen atoms in total. The number of hydrogen-bond donors (Lipinski definition) is 1. The van der Waals surface area contributed by atoms with Gasteiger partial charge in [-0.2, -0.15) is 0 Å². The maximum absolute atomic E-state index is 11.3. The molecule has 1 aromatic carbocycles. The number of hydrogen-bond acceptors (Lipinski definition) is 3. The van der Waals surface area contributed by atoms with Crippen molar-refractivity contribution in [2.75, 3.05) is 11.9 Å². The van der Waals surface area contributed by atoms with E-state index in [1.165, 1.54) is 16.2 Å². The largest absolute Gasteiger partial charge is 0.465 e. The molecule has 2 aromatic rings. The molecule has 144 valence electrons. The zero-order chi connectivity index (χ0) is 19.2. The van der Waals surface area contributed by atoms with Gasteiger partial charge in [-0.3, -0.25) is 4.98 Å². The molecule has 0 unspecified atom stereocenters. The number of anilines is 1. The Morgan fingerprint density at radius 3 is 2.41 bits per heavy atom. The van der Waals surface area contributed by atoms with Crippen LogP contribution in [0.4, 0.5) is 10.5 Å². The van der Waals surface area contributed by atoms with Crippen molar-refractivity contribution in [2.45, 2.75) is 57.7 Å². The molecule has 1 amide bonds. The number of carboxylic acid groups (broad SMARTS) is 1. The fraction of sp³-hybridized carbons (Fsp3) is 0.455. The number of pyridine rings is 1. The van der Waals surface area contributed by atoms with Crippen LogP contribution in [0.1, 0.15) is 43.9 Å². The Balaban J connectivity index is 1.79. The highest BCUT2D eigenvalue weighted by atomic mass is 16.4. The number of amides is 1. The molecule has 1 aliphatic carbocycles. The maximum Gasteiger partial charge on any atom is 0.407 e. The number of rotatable bonds is 6. The highest BCUT2D eigenvalue weighted by Crippen LogP contribution is 2.31. The Bertz CT molecular complexity index is 742. The van der Waals surface area contributed by atoms with Gasteiger partial charge in [0, 0.05) is 43.3 Å². The summed E-state index contributed by atoms with van der Waals surface area (Å²) in [7, 11) is 1.69. The van der Waals surface area contributed by atoms with Gasteiger partial charge in [-0.25, -0.2) is 4.79 Å². The molecule has 0 radical (unpaired) electrons. The summed E-state index contributed by atoms with van der Waals surface area (Å²) in [6, 6.07) is 15.4.